The minimum Gasteiger partial charge on any atom is -0.481 e. The lowest BCUT2D eigenvalue weighted by Crippen LogP contribution is -2.40. The lowest BCUT2D eigenvalue weighted by Gasteiger charge is -2.31. The molecule has 1 atom stereocenters. The van der Waals surface area contributed by atoms with Crippen molar-refractivity contribution in [3.63, 3.8) is 0 Å². The van der Waals surface area contributed by atoms with Gasteiger partial charge in [-0.05, 0) is 46.0 Å². The zero-order chi connectivity index (χ0) is 14.6. The van der Waals surface area contributed by atoms with E-state index in [2.05, 4.69) is 21.2 Å². The summed E-state index contributed by atoms with van der Waals surface area (Å²) in [6, 6.07) is 4.88. The Morgan fingerprint density at radius 3 is 2.68 bits per heavy atom. The van der Waals surface area contributed by atoms with E-state index in [1.807, 2.05) is 20.8 Å². The number of hydrogen-bond acceptors (Lipinski definition) is 2. The molecule has 3 nitrogen and oxygen atoms in total. The van der Waals surface area contributed by atoms with Crippen molar-refractivity contribution in [2.75, 3.05) is 0 Å². The second kappa shape index (κ2) is 6.48. The van der Waals surface area contributed by atoms with Crippen LogP contribution in [0.4, 0.5) is 4.39 Å². The zero-order valence-electron chi connectivity index (χ0n) is 11.3. The molecule has 0 fully saturated rings. The molecule has 1 rings (SSSR count). The first-order valence-electron chi connectivity index (χ1n) is 6.11. The van der Waals surface area contributed by atoms with Crippen molar-refractivity contribution in [2.45, 2.75) is 39.8 Å². The van der Waals surface area contributed by atoms with Crippen molar-refractivity contribution in [1.82, 2.24) is 5.32 Å². The Hall–Kier alpha value is -0.940. The zero-order valence-corrected chi connectivity index (χ0v) is 12.9. The molecular formula is C14H19BrFNO2. The number of aliphatic carboxylic acids is 1. The third-order valence-electron chi connectivity index (χ3n) is 3.38. The van der Waals surface area contributed by atoms with Crippen molar-refractivity contribution < 1.29 is 14.3 Å². The van der Waals surface area contributed by atoms with E-state index < -0.39 is 5.97 Å². The summed E-state index contributed by atoms with van der Waals surface area (Å²) < 4.78 is 13.5. The summed E-state index contributed by atoms with van der Waals surface area (Å²) in [5.74, 6) is -1.09. The highest BCUT2D eigenvalue weighted by molar-refractivity contribution is 9.10. The van der Waals surface area contributed by atoms with Crippen molar-refractivity contribution in [1.29, 1.82) is 0 Å². The van der Waals surface area contributed by atoms with Gasteiger partial charge in [-0.1, -0.05) is 19.9 Å². The molecule has 1 aromatic carbocycles. The summed E-state index contributed by atoms with van der Waals surface area (Å²) in [7, 11) is 0. The van der Waals surface area contributed by atoms with Crippen molar-refractivity contribution in [2.24, 2.45) is 5.41 Å². The van der Waals surface area contributed by atoms with Gasteiger partial charge in [-0.15, -0.1) is 0 Å². The van der Waals surface area contributed by atoms with E-state index in [9.17, 15) is 9.18 Å². The quantitative estimate of drug-likeness (QED) is 0.837. The smallest absolute Gasteiger partial charge is 0.303 e. The molecule has 19 heavy (non-hydrogen) atoms. The molecular weight excluding hydrogens is 313 g/mol. The molecule has 0 heterocycles. The first-order chi connectivity index (χ1) is 8.72. The second-order valence-corrected chi connectivity index (χ2v) is 6.26. The van der Waals surface area contributed by atoms with E-state index in [0.717, 1.165) is 5.56 Å². The molecule has 5 heteroatoms. The fraction of sp³-hybridized carbons (Fsp3) is 0.500. The molecule has 2 N–H and O–H groups in total. The molecule has 0 aromatic heterocycles. The molecule has 1 aromatic rings. The number of rotatable bonds is 6. The number of hydrogen-bond donors (Lipinski definition) is 2. The molecule has 0 saturated heterocycles. The molecule has 0 aliphatic carbocycles. The molecule has 0 aliphatic rings. The topological polar surface area (TPSA) is 49.3 Å². The van der Waals surface area contributed by atoms with Gasteiger partial charge in [0.05, 0.1) is 10.9 Å². The summed E-state index contributed by atoms with van der Waals surface area (Å²) in [6.07, 6.45) is 0.105. The van der Waals surface area contributed by atoms with Crippen molar-refractivity contribution in [3.8, 4) is 0 Å². The Labute approximate surface area is 121 Å². The Balaban J connectivity index is 2.60. The molecule has 106 valence electrons. The van der Waals surface area contributed by atoms with Crippen molar-refractivity contribution in [3.05, 3.63) is 34.1 Å². The fourth-order valence-electron chi connectivity index (χ4n) is 1.74. The highest BCUT2D eigenvalue weighted by atomic mass is 79.9. The van der Waals surface area contributed by atoms with Crippen molar-refractivity contribution >= 4 is 21.9 Å². The van der Waals surface area contributed by atoms with Gasteiger partial charge in [0.1, 0.15) is 5.82 Å². The van der Waals surface area contributed by atoms with Gasteiger partial charge in [-0.25, -0.2) is 4.39 Å². The van der Waals surface area contributed by atoms with Crippen LogP contribution in [-0.4, -0.2) is 17.1 Å². The molecule has 0 amide bonds. The maximum atomic E-state index is 13.1. The van der Waals surface area contributed by atoms with Gasteiger partial charge in [0.15, 0.2) is 0 Å². The van der Waals surface area contributed by atoms with Gasteiger partial charge >= 0.3 is 5.97 Å². The third-order valence-corrected chi connectivity index (χ3v) is 3.98. The number of halogens is 2. The van der Waals surface area contributed by atoms with Crippen LogP contribution in [0.1, 0.15) is 32.8 Å². The lowest BCUT2D eigenvalue weighted by molar-refractivity contribution is -0.139. The fourth-order valence-corrected chi connectivity index (χ4v) is 2.17. The van der Waals surface area contributed by atoms with Crippen LogP contribution in [0, 0.1) is 11.2 Å². The van der Waals surface area contributed by atoms with E-state index in [0.29, 0.717) is 11.0 Å². The molecule has 0 radical (unpaired) electrons. The largest absolute Gasteiger partial charge is 0.481 e. The summed E-state index contributed by atoms with van der Waals surface area (Å²) >= 11 is 3.14. The minimum absolute atomic E-state index is 0.0347. The summed E-state index contributed by atoms with van der Waals surface area (Å²) in [5, 5.41) is 12.2. The number of carboxylic acid groups (broad SMARTS) is 1. The summed E-state index contributed by atoms with van der Waals surface area (Å²) in [5.41, 5.74) is 0.606. The monoisotopic (exact) mass is 331 g/mol. The van der Waals surface area contributed by atoms with Crippen LogP contribution in [0.3, 0.4) is 0 Å². The molecule has 0 aliphatic heterocycles. The van der Waals surface area contributed by atoms with Gasteiger partial charge in [-0.2, -0.15) is 0 Å². The number of carboxylic acids is 1. The van der Waals surface area contributed by atoms with Crippen LogP contribution >= 0.6 is 15.9 Å². The van der Waals surface area contributed by atoms with Crippen LogP contribution in [0.5, 0.6) is 0 Å². The SMILES string of the molecule is CC(NCc1ccc(F)c(Br)c1)C(C)(C)CC(=O)O. The van der Waals surface area contributed by atoms with E-state index in [1.54, 1.807) is 12.1 Å². The van der Waals surface area contributed by atoms with E-state index in [-0.39, 0.29) is 23.7 Å². The maximum Gasteiger partial charge on any atom is 0.303 e. The molecule has 0 spiro atoms. The highest BCUT2D eigenvalue weighted by Crippen LogP contribution is 2.25. The average Bonchev–Trinajstić information content (AvgIpc) is 2.28. The van der Waals surface area contributed by atoms with E-state index >= 15 is 0 Å². The Morgan fingerprint density at radius 2 is 2.16 bits per heavy atom. The van der Waals surface area contributed by atoms with Gasteiger partial charge in [0.25, 0.3) is 0 Å². The van der Waals surface area contributed by atoms with Crippen LogP contribution in [0.25, 0.3) is 0 Å². The van der Waals surface area contributed by atoms with Gasteiger partial charge < -0.3 is 10.4 Å². The maximum absolute atomic E-state index is 13.1. The van der Waals surface area contributed by atoms with Crippen LogP contribution in [-0.2, 0) is 11.3 Å². The third kappa shape index (κ3) is 4.91. The number of benzene rings is 1. The number of nitrogens with one attached hydrogen (secondary N) is 1. The Kier molecular flexibility index (Phi) is 5.50. The predicted molar refractivity (Wildman–Crippen MR) is 76.4 cm³/mol. The van der Waals surface area contributed by atoms with Gasteiger partial charge in [0.2, 0.25) is 0 Å². The first-order valence-corrected chi connectivity index (χ1v) is 6.91. The van der Waals surface area contributed by atoms with E-state index in [4.69, 9.17) is 5.11 Å². The second-order valence-electron chi connectivity index (χ2n) is 5.41. The molecule has 1 unspecified atom stereocenters. The first kappa shape index (κ1) is 16.1. The van der Waals surface area contributed by atoms with Crippen LogP contribution in [0.2, 0.25) is 0 Å². The lowest BCUT2D eigenvalue weighted by atomic mass is 9.82. The van der Waals surface area contributed by atoms with Gasteiger partial charge in [0, 0.05) is 12.6 Å². The summed E-state index contributed by atoms with van der Waals surface area (Å²) in [4.78, 5) is 10.8. The highest BCUT2D eigenvalue weighted by Gasteiger charge is 2.28. The normalized spacial score (nSPS) is 13.3. The van der Waals surface area contributed by atoms with Crippen LogP contribution < -0.4 is 5.32 Å². The van der Waals surface area contributed by atoms with Crippen LogP contribution in [0.15, 0.2) is 22.7 Å². The van der Waals surface area contributed by atoms with E-state index in [1.165, 1.54) is 6.07 Å². The predicted octanol–water partition coefficient (Wildman–Crippen LogP) is 3.57. The minimum atomic E-state index is -0.803. The average molecular weight is 332 g/mol. The molecule has 0 saturated carbocycles. The standard InChI is InChI=1S/C14H19BrFNO2/c1-9(14(2,3)7-13(18)19)17-8-10-4-5-12(16)11(15)6-10/h4-6,9,17H,7-8H2,1-3H3,(H,18,19). The van der Waals surface area contributed by atoms with Gasteiger partial charge in [-0.3, -0.25) is 4.79 Å². The number of carbonyl (C=O) groups is 1. The molecule has 0 bridgehead atoms. The Morgan fingerprint density at radius 1 is 1.53 bits per heavy atom. The Bertz CT molecular complexity index is 463. The summed E-state index contributed by atoms with van der Waals surface area (Å²) in [6.45, 7) is 6.36.